The smallest absolute Gasteiger partial charge is 0.226 e. The quantitative estimate of drug-likeness (QED) is 0.777. The summed E-state index contributed by atoms with van der Waals surface area (Å²) in [7, 11) is -3.03. The highest BCUT2D eigenvalue weighted by molar-refractivity contribution is 7.90. The van der Waals surface area contributed by atoms with E-state index in [2.05, 4.69) is 0 Å². The number of nitrogens with zero attached hydrogens (tertiary/aromatic N) is 1. The van der Waals surface area contributed by atoms with Crippen LogP contribution in [0.1, 0.15) is 51.9 Å². The number of rotatable bonds is 5. The van der Waals surface area contributed by atoms with Crippen LogP contribution in [-0.4, -0.2) is 43.3 Å². The lowest BCUT2D eigenvalue weighted by Gasteiger charge is -2.33. The lowest BCUT2D eigenvalue weighted by molar-refractivity contribution is -0.138. The predicted octanol–water partition coefficient (Wildman–Crippen LogP) is 1.99. The minimum Gasteiger partial charge on any atom is -0.336 e. The zero-order valence-corrected chi connectivity index (χ0v) is 12.8. The van der Waals surface area contributed by atoms with E-state index >= 15 is 0 Å². The molecule has 0 spiro atoms. The highest BCUT2D eigenvalue weighted by Gasteiger charge is 2.39. The van der Waals surface area contributed by atoms with Crippen LogP contribution < -0.4 is 0 Å². The normalized spacial score (nSPS) is 23.1. The van der Waals surface area contributed by atoms with E-state index in [1.54, 1.807) is 0 Å². The SMILES string of the molecule is CC(CS(C)(=O)=O)N(C(=O)C1CCCCC1)C1CC1. The summed E-state index contributed by atoms with van der Waals surface area (Å²) in [6.45, 7) is 1.88. The van der Waals surface area contributed by atoms with Crippen LogP contribution in [0.5, 0.6) is 0 Å². The first-order chi connectivity index (χ1) is 8.88. The van der Waals surface area contributed by atoms with Gasteiger partial charge < -0.3 is 4.90 Å². The molecule has 0 aliphatic heterocycles. The Kier molecular flexibility index (Phi) is 4.54. The van der Waals surface area contributed by atoms with E-state index in [0.29, 0.717) is 6.04 Å². The summed E-state index contributed by atoms with van der Waals surface area (Å²) < 4.78 is 22.9. The highest BCUT2D eigenvalue weighted by atomic mass is 32.2. The molecule has 2 saturated carbocycles. The van der Waals surface area contributed by atoms with Crippen LogP contribution in [0, 0.1) is 5.92 Å². The molecule has 0 radical (unpaired) electrons. The van der Waals surface area contributed by atoms with Gasteiger partial charge in [-0.1, -0.05) is 19.3 Å². The van der Waals surface area contributed by atoms with Crippen LogP contribution in [-0.2, 0) is 14.6 Å². The zero-order chi connectivity index (χ0) is 14.0. The largest absolute Gasteiger partial charge is 0.336 e. The van der Waals surface area contributed by atoms with Crippen LogP contribution in [0.3, 0.4) is 0 Å². The topological polar surface area (TPSA) is 54.5 Å². The Morgan fingerprint density at radius 1 is 1.16 bits per heavy atom. The van der Waals surface area contributed by atoms with Gasteiger partial charge in [0.15, 0.2) is 0 Å². The van der Waals surface area contributed by atoms with E-state index in [9.17, 15) is 13.2 Å². The fourth-order valence-electron chi connectivity index (χ4n) is 3.19. The molecule has 2 rings (SSSR count). The Balaban J connectivity index is 2.04. The molecule has 5 heteroatoms. The predicted molar refractivity (Wildman–Crippen MR) is 75.6 cm³/mol. The van der Waals surface area contributed by atoms with Gasteiger partial charge in [0.1, 0.15) is 9.84 Å². The van der Waals surface area contributed by atoms with Gasteiger partial charge in [-0.2, -0.15) is 0 Å². The molecule has 0 aromatic carbocycles. The standard InChI is InChI=1S/C14H25NO3S/c1-11(10-19(2,17)18)15(13-8-9-13)14(16)12-6-4-3-5-7-12/h11-13H,3-10H2,1-2H3. The number of hydrogen-bond donors (Lipinski definition) is 0. The monoisotopic (exact) mass is 287 g/mol. The number of amides is 1. The summed E-state index contributed by atoms with van der Waals surface area (Å²) in [5.41, 5.74) is 0. The molecule has 0 heterocycles. The molecule has 4 nitrogen and oxygen atoms in total. The van der Waals surface area contributed by atoms with Gasteiger partial charge in [0.05, 0.1) is 5.75 Å². The number of carbonyl (C=O) groups is 1. The third-order valence-electron chi connectivity index (χ3n) is 4.17. The van der Waals surface area contributed by atoms with Crippen molar-refractivity contribution >= 4 is 15.7 Å². The van der Waals surface area contributed by atoms with Gasteiger partial charge in [-0.15, -0.1) is 0 Å². The van der Waals surface area contributed by atoms with Crippen molar-refractivity contribution in [3.63, 3.8) is 0 Å². The number of sulfone groups is 1. The lowest BCUT2D eigenvalue weighted by atomic mass is 9.88. The van der Waals surface area contributed by atoms with E-state index in [1.165, 1.54) is 12.7 Å². The van der Waals surface area contributed by atoms with E-state index in [0.717, 1.165) is 38.5 Å². The maximum absolute atomic E-state index is 12.6. The molecule has 1 amide bonds. The molecule has 2 aliphatic carbocycles. The van der Waals surface area contributed by atoms with Crippen molar-refractivity contribution in [2.24, 2.45) is 5.92 Å². The molecule has 1 atom stereocenters. The van der Waals surface area contributed by atoms with E-state index < -0.39 is 9.84 Å². The Morgan fingerprint density at radius 3 is 2.21 bits per heavy atom. The van der Waals surface area contributed by atoms with Gasteiger partial charge in [0.25, 0.3) is 0 Å². The average Bonchev–Trinajstić information content (AvgIpc) is 3.12. The molecule has 1 unspecified atom stereocenters. The first-order valence-electron chi connectivity index (χ1n) is 7.38. The first-order valence-corrected chi connectivity index (χ1v) is 9.44. The molecule has 0 N–H and O–H groups in total. The van der Waals surface area contributed by atoms with Crippen molar-refractivity contribution in [3.05, 3.63) is 0 Å². The maximum atomic E-state index is 12.6. The van der Waals surface area contributed by atoms with Crippen molar-refractivity contribution in [1.82, 2.24) is 4.90 Å². The summed E-state index contributed by atoms with van der Waals surface area (Å²) in [5, 5.41) is 0. The van der Waals surface area contributed by atoms with Crippen LogP contribution >= 0.6 is 0 Å². The molecule has 2 aliphatic rings. The Bertz CT molecular complexity index is 422. The second-order valence-corrected chi connectivity index (χ2v) is 8.44. The summed E-state index contributed by atoms with van der Waals surface area (Å²) in [6.07, 6.45) is 8.77. The second kappa shape index (κ2) is 5.81. The Morgan fingerprint density at radius 2 is 1.74 bits per heavy atom. The second-order valence-electron chi connectivity index (χ2n) is 6.25. The Labute approximate surface area is 116 Å². The first kappa shape index (κ1) is 14.8. The third-order valence-corrected chi connectivity index (χ3v) is 5.26. The molecule has 2 fully saturated rings. The van der Waals surface area contributed by atoms with Gasteiger partial charge in [0.2, 0.25) is 5.91 Å². The van der Waals surface area contributed by atoms with Gasteiger partial charge in [0, 0.05) is 24.3 Å². The molecule has 0 aromatic heterocycles. The van der Waals surface area contributed by atoms with Crippen molar-refractivity contribution in [2.75, 3.05) is 12.0 Å². The molecule has 110 valence electrons. The van der Waals surface area contributed by atoms with E-state index in [-0.39, 0.29) is 23.6 Å². The summed E-state index contributed by atoms with van der Waals surface area (Å²) >= 11 is 0. The van der Waals surface area contributed by atoms with Crippen molar-refractivity contribution in [2.45, 2.75) is 64.0 Å². The van der Waals surface area contributed by atoms with Crippen LogP contribution in [0.4, 0.5) is 0 Å². The van der Waals surface area contributed by atoms with Gasteiger partial charge in [-0.05, 0) is 32.6 Å². The highest BCUT2D eigenvalue weighted by Crippen LogP contribution is 2.33. The zero-order valence-electron chi connectivity index (χ0n) is 12.0. The van der Waals surface area contributed by atoms with Gasteiger partial charge in [-0.3, -0.25) is 4.79 Å². The Hall–Kier alpha value is -0.580. The maximum Gasteiger partial charge on any atom is 0.226 e. The minimum atomic E-state index is -3.03. The van der Waals surface area contributed by atoms with Crippen molar-refractivity contribution in [1.29, 1.82) is 0 Å². The molecule has 0 bridgehead atoms. The molecule has 19 heavy (non-hydrogen) atoms. The average molecular weight is 287 g/mol. The molecule has 0 aromatic rings. The van der Waals surface area contributed by atoms with Crippen LogP contribution in [0.25, 0.3) is 0 Å². The summed E-state index contributed by atoms with van der Waals surface area (Å²) in [6, 6.07) is 0.114. The molecular weight excluding hydrogens is 262 g/mol. The third kappa shape index (κ3) is 4.20. The number of hydrogen-bond acceptors (Lipinski definition) is 3. The molecular formula is C14H25NO3S. The van der Waals surface area contributed by atoms with E-state index in [4.69, 9.17) is 0 Å². The molecule has 0 saturated heterocycles. The van der Waals surface area contributed by atoms with Gasteiger partial charge in [-0.25, -0.2) is 8.42 Å². The van der Waals surface area contributed by atoms with Crippen molar-refractivity contribution < 1.29 is 13.2 Å². The summed E-state index contributed by atoms with van der Waals surface area (Å²) in [5.74, 6) is 0.428. The minimum absolute atomic E-state index is 0.0853. The number of carbonyl (C=O) groups excluding carboxylic acids is 1. The lowest BCUT2D eigenvalue weighted by Crippen LogP contribution is -2.46. The van der Waals surface area contributed by atoms with Crippen molar-refractivity contribution in [3.8, 4) is 0 Å². The summed E-state index contributed by atoms with van der Waals surface area (Å²) in [4.78, 5) is 14.5. The van der Waals surface area contributed by atoms with Gasteiger partial charge >= 0.3 is 0 Å². The fourth-order valence-corrected chi connectivity index (χ4v) is 4.23. The fraction of sp³-hybridized carbons (Fsp3) is 0.929. The van der Waals surface area contributed by atoms with Crippen LogP contribution in [0.15, 0.2) is 0 Å². The van der Waals surface area contributed by atoms with E-state index in [1.807, 2.05) is 11.8 Å². The van der Waals surface area contributed by atoms with Crippen LogP contribution in [0.2, 0.25) is 0 Å².